The summed E-state index contributed by atoms with van der Waals surface area (Å²) < 4.78 is 5.58. The first-order chi connectivity index (χ1) is 9.45. The summed E-state index contributed by atoms with van der Waals surface area (Å²) in [6, 6.07) is 31.5. The highest BCUT2D eigenvalue weighted by molar-refractivity contribution is 5.30. The minimum absolute atomic E-state index is 0.869. The maximum Gasteiger partial charge on any atom is 0.127 e. The summed E-state index contributed by atoms with van der Waals surface area (Å²) in [5.41, 5.74) is 0. The van der Waals surface area contributed by atoms with Gasteiger partial charge in [0.1, 0.15) is 11.5 Å². The van der Waals surface area contributed by atoms with Gasteiger partial charge in [-0.3, -0.25) is 0 Å². The van der Waals surface area contributed by atoms with E-state index in [2.05, 4.69) is 0 Å². The Morgan fingerprint density at radius 1 is 0.368 bits per heavy atom. The zero-order valence-corrected chi connectivity index (χ0v) is 10.6. The molecule has 0 saturated carbocycles. The van der Waals surface area contributed by atoms with Crippen LogP contribution in [0.2, 0.25) is 0 Å². The van der Waals surface area contributed by atoms with Gasteiger partial charge in [0.05, 0.1) is 0 Å². The molecule has 0 aromatic heterocycles. The highest BCUT2D eigenvalue weighted by Crippen LogP contribution is 2.19. The molecule has 0 aliphatic rings. The molecular formula is C18H16O. The lowest BCUT2D eigenvalue weighted by atomic mass is 10.3. The van der Waals surface area contributed by atoms with E-state index in [0.29, 0.717) is 0 Å². The minimum Gasteiger partial charge on any atom is -0.457 e. The number of hydrogen-bond donors (Lipinski definition) is 0. The molecule has 0 bridgehead atoms. The molecule has 1 nitrogen and oxygen atoms in total. The number of rotatable bonds is 2. The molecule has 0 saturated heterocycles. The molecule has 0 heterocycles. The Hall–Kier alpha value is -2.54. The zero-order valence-electron chi connectivity index (χ0n) is 10.6. The van der Waals surface area contributed by atoms with Crippen LogP contribution >= 0.6 is 0 Å². The topological polar surface area (TPSA) is 9.23 Å². The average molecular weight is 248 g/mol. The second-order valence-electron chi connectivity index (χ2n) is 3.88. The lowest BCUT2D eigenvalue weighted by Crippen LogP contribution is -1.81. The lowest BCUT2D eigenvalue weighted by molar-refractivity contribution is 0.482. The molecule has 0 spiro atoms. The van der Waals surface area contributed by atoms with Gasteiger partial charge in [-0.25, -0.2) is 0 Å². The fraction of sp³-hybridized carbons (Fsp3) is 0. The van der Waals surface area contributed by atoms with Gasteiger partial charge in [0.2, 0.25) is 0 Å². The van der Waals surface area contributed by atoms with Crippen LogP contribution in [0.15, 0.2) is 97.1 Å². The van der Waals surface area contributed by atoms with Gasteiger partial charge in [-0.15, -0.1) is 0 Å². The van der Waals surface area contributed by atoms with E-state index in [0.717, 1.165) is 11.5 Å². The van der Waals surface area contributed by atoms with Gasteiger partial charge in [-0.2, -0.15) is 0 Å². The first kappa shape index (κ1) is 12.9. The van der Waals surface area contributed by atoms with Gasteiger partial charge >= 0.3 is 0 Å². The van der Waals surface area contributed by atoms with Crippen LogP contribution in [-0.4, -0.2) is 0 Å². The van der Waals surface area contributed by atoms with Crippen LogP contribution in [0.25, 0.3) is 0 Å². The van der Waals surface area contributed by atoms with Crippen LogP contribution in [0.5, 0.6) is 11.5 Å². The molecule has 0 N–H and O–H groups in total. The van der Waals surface area contributed by atoms with Gasteiger partial charge in [0, 0.05) is 0 Å². The van der Waals surface area contributed by atoms with Gasteiger partial charge < -0.3 is 4.74 Å². The molecule has 3 aromatic rings. The molecule has 0 unspecified atom stereocenters. The Labute approximate surface area is 114 Å². The van der Waals surface area contributed by atoms with Crippen molar-refractivity contribution in [2.24, 2.45) is 0 Å². The second kappa shape index (κ2) is 7.72. The molecule has 0 radical (unpaired) electrons. The van der Waals surface area contributed by atoms with E-state index in [1.54, 1.807) is 0 Å². The van der Waals surface area contributed by atoms with Crippen molar-refractivity contribution in [1.82, 2.24) is 0 Å². The standard InChI is InChI=1S/C12H10O.C6H6/c1-3-7-11(8-4-1)13-12-9-5-2-6-10-12;1-2-4-6-5-3-1/h1-10H;1-6H. The third-order valence-corrected chi connectivity index (χ3v) is 2.39. The summed E-state index contributed by atoms with van der Waals surface area (Å²) in [4.78, 5) is 0. The first-order valence-electron chi connectivity index (χ1n) is 6.23. The average Bonchev–Trinajstić information content (AvgIpc) is 2.52. The third kappa shape index (κ3) is 5.09. The Bertz CT molecular complexity index is 483. The van der Waals surface area contributed by atoms with Crippen molar-refractivity contribution in [1.29, 1.82) is 0 Å². The minimum atomic E-state index is 0.869. The zero-order chi connectivity index (χ0) is 13.2. The van der Waals surface area contributed by atoms with E-state index < -0.39 is 0 Å². The van der Waals surface area contributed by atoms with E-state index in [4.69, 9.17) is 4.74 Å². The van der Waals surface area contributed by atoms with Gasteiger partial charge in [-0.1, -0.05) is 72.8 Å². The maximum atomic E-state index is 5.58. The number of ether oxygens (including phenoxy) is 1. The number of benzene rings is 3. The van der Waals surface area contributed by atoms with E-state index in [1.165, 1.54) is 0 Å². The Balaban J connectivity index is 0.000000186. The van der Waals surface area contributed by atoms with Crippen LogP contribution < -0.4 is 4.74 Å². The van der Waals surface area contributed by atoms with Crippen LogP contribution in [0.3, 0.4) is 0 Å². The van der Waals surface area contributed by atoms with Gasteiger partial charge in [0.25, 0.3) is 0 Å². The van der Waals surface area contributed by atoms with Crippen molar-refractivity contribution in [3.05, 3.63) is 97.1 Å². The van der Waals surface area contributed by atoms with Gasteiger partial charge in [0.15, 0.2) is 0 Å². The predicted molar refractivity (Wildman–Crippen MR) is 79.4 cm³/mol. The fourth-order valence-corrected chi connectivity index (χ4v) is 1.50. The molecule has 3 rings (SSSR count). The van der Waals surface area contributed by atoms with Crippen LogP contribution in [-0.2, 0) is 0 Å². The predicted octanol–water partition coefficient (Wildman–Crippen LogP) is 5.17. The van der Waals surface area contributed by atoms with E-state index >= 15 is 0 Å². The van der Waals surface area contributed by atoms with Crippen LogP contribution in [0.4, 0.5) is 0 Å². The highest BCUT2D eigenvalue weighted by Gasteiger charge is 1.92. The quantitative estimate of drug-likeness (QED) is 0.608. The van der Waals surface area contributed by atoms with Gasteiger partial charge in [-0.05, 0) is 24.3 Å². The number of hydrogen-bond acceptors (Lipinski definition) is 1. The van der Waals surface area contributed by atoms with Crippen molar-refractivity contribution >= 4 is 0 Å². The van der Waals surface area contributed by atoms with Crippen molar-refractivity contribution in [2.75, 3.05) is 0 Å². The number of para-hydroxylation sites is 2. The highest BCUT2D eigenvalue weighted by atomic mass is 16.5. The van der Waals surface area contributed by atoms with E-state index in [1.807, 2.05) is 97.1 Å². The summed E-state index contributed by atoms with van der Waals surface area (Å²) >= 11 is 0. The summed E-state index contributed by atoms with van der Waals surface area (Å²) in [6.07, 6.45) is 0. The monoisotopic (exact) mass is 248 g/mol. The van der Waals surface area contributed by atoms with Crippen molar-refractivity contribution in [2.45, 2.75) is 0 Å². The summed E-state index contributed by atoms with van der Waals surface area (Å²) in [5.74, 6) is 1.74. The molecule has 1 heteroatoms. The summed E-state index contributed by atoms with van der Waals surface area (Å²) in [6.45, 7) is 0. The van der Waals surface area contributed by atoms with E-state index in [9.17, 15) is 0 Å². The summed E-state index contributed by atoms with van der Waals surface area (Å²) in [5, 5.41) is 0. The SMILES string of the molecule is c1ccc(Oc2ccccc2)cc1.c1ccccc1. The Morgan fingerprint density at radius 2 is 0.632 bits per heavy atom. The largest absolute Gasteiger partial charge is 0.457 e. The Kier molecular flexibility index (Phi) is 5.24. The van der Waals surface area contributed by atoms with Crippen molar-refractivity contribution in [3.63, 3.8) is 0 Å². The maximum absolute atomic E-state index is 5.58. The molecule has 19 heavy (non-hydrogen) atoms. The molecule has 94 valence electrons. The van der Waals surface area contributed by atoms with Crippen LogP contribution in [0, 0.1) is 0 Å². The van der Waals surface area contributed by atoms with E-state index in [-0.39, 0.29) is 0 Å². The Morgan fingerprint density at radius 3 is 0.947 bits per heavy atom. The molecular weight excluding hydrogens is 232 g/mol. The molecule has 3 aromatic carbocycles. The van der Waals surface area contributed by atoms with Crippen molar-refractivity contribution < 1.29 is 4.74 Å². The van der Waals surface area contributed by atoms with Crippen molar-refractivity contribution in [3.8, 4) is 11.5 Å². The normalized spacial score (nSPS) is 9.05. The first-order valence-corrected chi connectivity index (χ1v) is 6.23. The molecule has 0 aliphatic carbocycles. The summed E-state index contributed by atoms with van der Waals surface area (Å²) in [7, 11) is 0. The fourth-order valence-electron chi connectivity index (χ4n) is 1.50. The second-order valence-corrected chi connectivity index (χ2v) is 3.88. The molecule has 0 amide bonds. The molecule has 0 atom stereocenters. The molecule has 0 fully saturated rings. The lowest BCUT2D eigenvalue weighted by Gasteiger charge is -2.03. The third-order valence-electron chi connectivity index (χ3n) is 2.39. The van der Waals surface area contributed by atoms with Crippen LogP contribution in [0.1, 0.15) is 0 Å². The smallest absolute Gasteiger partial charge is 0.127 e. The molecule has 0 aliphatic heterocycles.